The van der Waals surface area contributed by atoms with E-state index in [-0.39, 0.29) is 36.1 Å². The summed E-state index contributed by atoms with van der Waals surface area (Å²) in [4.78, 5) is 4.04. The molecule has 2 rings (SSSR count). The summed E-state index contributed by atoms with van der Waals surface area (Å²) in [5, 5.41) is 3.69. The van der Waals surface area contributed by atoms with Crippen molar-refractivity contribution in [2.75, 3.05) is 6.61 Å². The third-order valence-electron chi connectivity index (χ3n) is 5.28. The number of hydrogen-bond acceptors (Lipinski definition) is 4. The molecule has 0 fully saturated rings. The van der Waals surface area contributed by atoms with Crippen LogP contribution in [0.25, 0.3) is 11.4 Å². The van der Waals surface area contributed by atoms with Crippen LogP contribution in [0, 0.1) is 0 Å². The van der Waals surface area contributed by atoms with Gasteiger partial charge in [0.25, 0.3) is 0 Å². The number of ether oxygens (including phenoxy) is 1. The molecule has 2 aromatic rings. The van der Waals surface area contributed by atoms with E-state index >= 15 is 0 Å². The maximum atomic E-state index is 13.6. The summed E-state index contributed by atoms with van der Waals surface area (Å²) >= 11 is 0. The van der Waals surface area contributed by atoms with Gasteiger partial charge in [-0.3, -0.25) is 0 Å². The molecule has 180 valence electrons. The Labute approximate surface area is 185 Å². The van der Waals surface area contributed by atoms with Gasteiger partial charge in [-0.1, -0.05) is 58.0 Å². The average molecular weight is 463 g/mol. The molecule has 0 aliphatic carbocycles. The maximum Gasteiger partial charge on any atom is 0.419 e. The summed E-state index contributed by atoms with van der Waals surface area (Å²) < 4.78 is 78.5. The molecule has 0 radical (unpaired) electrons. The van der Waals surface area contributed by atoms with Crippen LogP contribution in [-0.2, 0) is 6.18 Å². The number of rotatable bonds is 13. The fourth-order valence-electron chi connectivity index (χ4n) is 3.31. The Balaban J connectivity index is 2.10. The molecule has 1 atom stereocenters. The first-order chi connectivity index (χ1) is 15.1. The normalized spacial score (nSPS) is 13.4. The summed E-state index contributed by atoms with van der Waals surface area (Å²) in [6, 6.07) is 3.54. The van der Waals surface area contributed by atoms with E-state index in [1.807, 2.05) is 0 Å². The second-order valence-corrected chi connectivity index (χ2v) is 8.10. The highest BCUT2D eigenvalue weighted by Gasteiger charge is 2.35. The minimum Gasteiger partial charge on any atom is -0.493 e. The Morgan fingerprint density at radius 1 is 1.00 bits per heavy atom. The summed E-state index contributed by atoms with van der Waals surface area (Å²) in [5.41, 5.74) is -0.855. The lowest BCUT2D eigenvalue weighted by atomic mass is 10.0. The molecule has 9 heteroatoms. The van der Waals surface area contributed by atoms with Crippen LogP contribution in [-0.4, -0.2) is 22.7 Å². The second-order valence-electron chi connectivity index (χ2n) is 8.10. The average Bonchev–Trinajstić information content (AvgIpc) is 3.23. The number of benzene rings is 1. The van der Waals surface area contributed by atoms with Crippen molar-refractivity contribution >= 4 is 0 Å². The largest absolute Gasteiger partial charge is 0.493 e. The predicted octanol–water partition coefficient (Wildman–Crippen LogP) is 8.03. The van der Waals surface area contributed by atoms with Crippen molar-refractivity contribution in [3.63, 3.8) is 0 Å². The van der Waals surface area contributed by atoms with Crippen LogP contribution < -0.4 is 4.74 Å². The van der Waals surface area contributed by atoms with Crippen LogP contribution in [0.4, 0.5) is 22.0 Å². The Hall–Kier alpha value is -2.19. The van der Waals surface area contributed by atoms with Gasteiger partial charge in [0.15, 0.2) is 0 Å². The van der Waals surface area contributed by atoms with Gasteiger partial charge in [0.1, 0.15) is 5.75 Å². The first kappa shape index (κ1) is 26.1. The quantitative estimate of drug-likeness (QED) is 0.223. The van der Waals surface area contributed by atoms with E-state index in [0.29, 0.717) is 6.42 Å². The fourth-order valence-corrected chi connectivity index (χ4v) is 3.31. The van der Waals surface area contributed by atoms with Crippen LogP contribution in [0.1, 0.15) is 89.5 Å². The molecule has 1 heterocycles. The molecular formula is C23H31F5N2O2. The highest BCUT2D eigenvalue weighted by atomic mass is 19.4. The summed E-state index contributed by atoms with van der Waals surface area (Å²) in [6.07, 6.45) is 0.568. The first-order valence-corrected chi connectivity index (χ1v) is 11.1. The zero-order valence-corrected chi connectivity index (χ0v) is 18.8. The number of nitrogens with zero attached hydrogens (tertiary/aromatic N) is 2. The molecule has 32 heavy (non-hydrogen) atoms. The number of hydrogen-bond donors (Lipinski definition) is 0. The van der Waals surface area contributed by atoms with Crippen LogP contribution >= 0.6 is 0 Å². The monoisotopic (exact) mass is 462 g/mol. The van der Waals surface area contributed by atoms with Crippen molar-refractivity contribution < 1.29 is 31.2 Å². The van der Waals surface area contributed by atoms with Gasteiger partial charge in [-0.25, -0.2) is 8.78 Å². The minimum atomic E-state index is -4.63. The SMILES string of the molecule is CCCCCCCCOc1ccc(-c2noc([C@@H](C)CC(F)(F)CC)n2)cc1C(F)(F)F. The van der Waals surface area contributed by atoms with E-state index in [1.165, 1.54) is 26.0 Å². The Morgan fingerprint density at radius 2 is 1.69 bits per heavy atom. The van der Waals surface area contributed by atoms with E-state index < -0.39 is 30.0 Å². The third-order valence-corrected chi connectivity index (χ3v) is 5.28. The van der Waals surface area contributed by atoms with Gasteiger partial charge in [-0.05, 0) is 24.6 Å². The van der Waals surface area contributed by atoms with Crippen molar-refractivity contribution in [3.8, 4) is 17.1 Å². The molecule has 0 aliphatic rings. The Bertz CT molecular complexity index is 836. The molecule has 0 saturated carbocycles. The Morgan fingerprint density at radius 3 is 2.34 bits per heavy atom. The third kappa shape index (κ3) is 7.74. The summed E-state index contributed by atoms with van der Waals surface area (Å²) in [5.74, 6) is -3.99. The lowest BCUT2D eigenvalue weighted by Gasteiger charge is -2.16. The number of alkyl halides is 5. The highest BCUT2D eigenvalue weighted by Crippen LogP contribution is 2.39. The van der Waals surface area contributed by atoms with Crippen molar-refractivity contribution in [2.24, 2.45) is 0 Å². The smallest absolute Gasteiger partial charge is 0.419 e. The number of aromatic nitrogens is 2. The summed E-state index contributed by atoms with van der Waals surface area (Å²) in [6.45, 7) is 5.21. The molecule has 0 N–H and O–H groups in total. The highest BCUT2D eigenvalue weighted by molar-refractivity contribution is 5.59. The van der Waals surface area contributed by atoms with Gasteiger partial charge in [-0.15, -0.1) is 0 Å². The number of unbranched alkanes of at least 4 members (excludes halogenated alkanes) is 5. The van der Waals surface area contributed by atoms with Gasteiger partial charge in [-0.2, -0.15) is 18.2 Å². The number of halogens is 5. The van der Waals surface area contributed by atoms with Crippen molar-refractivity contribution in [1.82, 2.24) is 10.1 Å². The topological polar surface area (TPSA) is 48.2 Å². The van der Waals surface area contributed by atoms with Gasteiger partial charge in [0, 0.05) is 24.3 Å². The molecule has 0 bridgehead atoms. The zero-order valence-electron chi connectivity index (χ0n) is 18.8. The van der Waals surface area contributed by atoms with Crippen LogP contribution in [0.3, 0.4) is 0 Å². The molecule has 0 unspecified atom stereocenters. The maximum absolute atomic E-state index is 13.6. The first-order valence-electron chi connectivity index (χ1n) is 11.1. The van der Waals surface area contributed by atoms with Crippen LogP contribution in [0.5, 0.6) is 5.75 Å². The van der Waals surface area contributed by atoms with E-state index in [9.17, 15) is 22.0 Å². The van der Waals surface area contributed by atoms with Gasteiger partial charge in [0.05, 0.1) is 12.2 Å². The molecular weight excluding hydrogens is 431 g/mol. The van der Waals surface area contributed by atoms with E-state index in [1.54, 1.807) is 0 Å². The van der Waals surface area contributed by atoms with Crippen LogP contribution in [0.2, 0.25) is 0 Å². The minimum absolute atomic E-state index is 0.0370. The molecule has 4 nitrogen and oxygen atoms in total. The molecule has 0 aliphatic heterocycles. The lowest BCUT2D eigenvalue weighted by molar-refractivity contribution is -0.138. The molecule has 1 aromatic heterocycles. The van der Waals surface area contributed by atoms with Gasteiger partial charge in [0.2, 0.25) is 17.6 Å². The fraction of sp³-hybridized carbons (Fsp3) is 0.652. The van der Waals surface area contributed by atoms with Gasteiger partial charge < -0.3 is 9.26 Å². The molecule has 1 aromatic carbocycles. The van der Waals surface area contributed by atoms with Gasteiger partial charge >= 0.3 is 6.18 Å². The molecule has 0 saturated heterocycles. The van der Waals surface area contributed by atoms with E-state index in [2.05, 4.69) is 17.1 Å². The lowest BCUT2D eigenvalue weighted by Crippen LogP contribution is -2.17. The Kier molecular flexibility index (Phi) is 9.46. The van der Waals surface area contributed by atoms with E-state index in [4.69, 9.17) is 9.26 Å². The van der Waals surface area contributed by atoms with Crippen molar-refractivity contribution in [2.45, 2.75) is 90.2 Å². The standard InChI is InChI=1S/C23H31F5N2O2/c1-4-6-7-8-9-10-13-31-19-12-11-17(14-18(19)23(26,27)28)20-29-21(32-30-20)16(3)15-22(24,25)5-2/h11-12,14,16H,4-10,13,15H2,1-3H3/t16-/m0/s1. The van der Waals surface area contributed by atoms with Crippen molar-refractivity contribution in [3.05, 3.63) is 29.7 Å². The molecule has 0 spiro atoms. The van der Waals surface area contributed by atoms with Crippen LogP contribution in [0.15, 0.2) is 22.7 Å². The summed E-state index contributed by atoms with van der Waals surface area (Å²) in [7, 11) is 0. The van der Waals surface area contributed by atoms with E-state index in [0.717, 1.165) is 38.2 Å². The second kappa shape index (κ2) is 11.6. The predicted molar refractivity (Wildman–Crippen MR) is 112 cm³/mol. The molecule has 0 amide bonds. The zero-order chi connectivity index (χ0) is 23.8. The van der Waals surface area contributed by atoms with Crippen molar-refractivity contribution in [1.29, 1.82) is 0 Å².